The van der Waals surface area contributed by atoms with E-state index in [1.54, 1.807) is 7.11 Å². The number of hydrogen-bond donors (Lipinski definition) is 1. The van der Waals surface area contributed by atoms with Crippen molar-refractivity contribution in [2.45, 2.75) is 19.3 Å². The van der Waals surface area contributed by atoms with Crippen LogP contribution in [-0.2, 0) is 11.2 Å². The molecule has 1 aliphatic rings. The highest BCUT2D eigenvalue weighted by atomic mass is 16.5. The Labute approximate surface area is 168 Å². The molecule has 150 valence electrons. The number of carbonyl (C=O) groups is 1. The summed E-state index contributed by atoms with van der Waals surface area (Å²) < 4.78 is 5.23. The fourth-order valence-electron chi connectivity index (χ4n) is 3.54. The third-order valence-corrected chi connectivity index (χ3v) is 5.27. The van der Waals surface area contributed by atoms with Crippen LogP contribution in [0.3, 0.4) is 0 Å². The van der Waals surface area contributed by atoms with Gasteiger partial charge in [-0.05, 0) is 49.2 Å². The number of nitrogens with one attached hydrogen (secondary N) is 1. The van der Waals surface area contributed by atoms with Crippen LogP contribution in [0.2, 0.25) is 0 Å². The van der Waals surface area contributed by atoms with Crippen molar-refractivity contribution in [1.29, 1.82) is 0 Å². The van der Waals surface area contributed by atoms with Crippen molar-refractivity contribution >= 4 is 11.6 Å². The van der Waals surface area contributed by atoms with Gasteiger partial charge in [0.15, 0.2) is 0 Å². The molecule has 0 radical (unpaired) electrons. The Morgan fingerprint density at radius 1 is 1.00 bits per heavy atom. The molecule has 0 aliphatic carbocycles. The number of aryl methyl sites for hydroxylation is 1. The number of carbonyl (C=O) groups excluding carboxylic acids is 1. The molecule has 1 amide bonds. The summed E-state index contributed by atoms with van der Waals surface area (Å²) in [5, 5.41) is 3.05. The molecule has 0 atom stereocenters. The van der Waals surface area contributed by atoms with Gasteiger partial charge in [0.05, 0.1) is 7.11 Å². The lowest BCUT2D eigenvalue weighted by Crippen LogP contribution is -2.47. The van der Waals surface area contributed by atoms with Gasteiger partial charge in [-0.25, -0.2) is 0 Å². The number of amides is 1. The van der Waals surface area contributed by atoms with E-state index in [1.165, 1.54) is 11.3 Å². The molecule has 2 aromatic carbocycles. The Morgan fingerprint density at radius 3 is 2.39 bits per heavy atom. The van der Waals surface area contributed by atoms with Crippen LogP contribution in [0.1, 0.15) is 18.4 Å². The van der Waals surface area contributed by atoms with Crippen LogP contribution in [0.5, 0.6) is 5.75 Å². The minimum Gasteiger partial charge on any atom is -0.497 e. The number of anilines is 1. The van der Waals surface area contributed by atoms with Crippen molar-refractivity contribution < 1.29 is 9.53 Å². The Bertz CT molecular complexity index is 710. The van der Waals surface area contributed by atoms with Gasteiger partial charge in [-0.1, -0.05) is 30.3 Å². The highest BCUT2D eigenvalue weighted by Gasteiger charge is 2.16. The molecular weight excluding hydrogens is 350 g/mol. The van der Waals surface area contributed by atoms with E-state index in [2.05, 4.69) is 39.4 Å². The van der Waals surface area contributed by atoms with Crippen LogP contribution in [0, 0.1) is 0 Å². The average Bonchev–Trinajstić information content (AvgIpc) is 2.76. The summed E-state index contributed by atoms with van der Waals surface area (Å²) in [6.07, 6.45) is 2.37. The van der Waals surface area contributed by atoms with Gasteiger partial charge < -0.3 is 15.0 Å². The Kier molecular flexibility index (Phi) is 7.73. The summed E-state index contributed by atoms with van der Waals surface area (Å²) in [4.78, 5) is 16.9. The number of hydrogen-bond acceptors (Lipinski definition) is 4. The SMILES string of the molecule is COc1ccc(N2CCN(CCCNC(=O)CCc3ccccc3)CC2)cc1. The fraction of sp³-hybridized carbons (Fsp3) is 0.435. The molecule has 28 heavy (non-hydrogen) atoms. The molecule has 1 fully saturated rings. The predicted octanol–water partition coefficient (Wildman–Crippen LogP) is 2.96. The second-order valence-electron chi connectivity index (χ2n) is 7.22. The van der Waals surface area contributed by atoms with E-state index < -0.39 is 0 Å². The molecule has 1 N–H and O–H groups in total. The normalized spacial score (nSPS) is 14.7. The van der Waals surface area contributed by atoms with E-state index in [0.717, 1.165) is 57.9 Å². The zero-order valence-electron chi connectivity index (χ0n) is 16.8. The first-order chi connectivity index (χ1) is 13.7. The summed E-state index contributed by atoms with van der Waals surface area (Å²) in [7, 11) is 1.69. The second-order valence-corrected chi connectivity index (χ2v) is 7.22. The molecule has 0 bridgehead atoms. The fourth-order valence-corrected chi connectivity index (χ4v) is 3.54. The lowest BCUT2D eigenvalue weighted by molar-refractivity contribution is -0.121. The summed E-state index contributed by atoms with van der Waals surface area (Å²) in [6, 6.07) is 18.4. The highest BCUT2D eigenvalue weighted by Crippen LogP contribution is 2.20. The van der Waals surface area contributed by atoms with Crippen LogP contribution < -0.4 is 15.0 Å². The molecular formula is C23H31N3O2. The lowest BCUT2D eigenvalue weighted by Gasteiger charge is -2.36. The molecule has 5 nitrogen and oxygen atoms in total. The van der Waals surface area contributed by atoms with E-state index in [-0.39, 0.29) is 5.91 Å². The van der Waals surface area contributed by atoms with Gasteiger partial charge in [-0.15, -0.1) is 0 Å². The van der Waals surface area contributed by atoms with E-state index in [1.807, 2.05) is 30.3 Å². The summed E-state index contributed by atoms with van der Waals surface area (Å²) in [5.74, 6) is 1.04. The van der Waals surface area contributed by atoms with Crippen molar-refractivity contribution in [3.05, 3.63) is 60.2 Å². The lowest BCUT2D eigenvalue weighted by atomic mass is 10.1. The Hall–Kier alpha value is -2.53. The molecule has 1 aliphatic heterocycles. The number of piperazine rings is 1. The van der Waals surface area contributed by atoms with E-state index in [4.69, 9.17) is 4.74 Å². The zero-order valence-corrected chi connectivity index (χ0v) is 16.8. The number of nitrogens with zero attached hydrogens (tertiary/aromatic N) is 2. The molecule has 0 saturated carbocycles. The van der Waals surface area contributed by atoms with Crippen molar-refractivity contribution in [2.24, 2.45) is 0 Å². The molecule has 3 rings (SSSR count). The molecule has 0 spiro atoms. The first kappa shape index (κ1) is 20.2. The Morgan fingerprint density at radius 2 is 1.71 bits per heavy atom. The zero-order chi connectivity index (χ0) is 19.6. The minimum absolute atomic E-state index is 0.146. The summed E-state index contributed by atoms with van der Waals surface area (Å²) >= 11 is 0. The van der Waals surface area contributed by atoms with Gasteiger partial charge in [0.1, 0.15) is 5.75 Å². The third kappa shape index (κ3) is 6.27. The maximum absolute atomic E-state index is 12.0. The van der Waals surface area contributed by atoms with Crippen LogP contribution in [0.25, 0.3) is 0 Å². The number of rotatable bonds is 9. The molecule has 2 aromatic rings. The maximum atomic E-state index is 12.0. The maximum Gasteiger partial charge on any atom is 0.220 e. The monoisotopic (exact) mass is 381 g/mol. The molecule has 0 unspecified atom stereocenters. The van der Waals surface area contributed by atoms with Gasteiger partial charge in [0, 0.05) is 44.8 Å². The van der Waals surface area contributed by atoms with Crippen LogP contribution in [0.15, 0.2) is 54.6 Å². The second kappa shape index (κ2) is 10.7. The van der Waals surface area contributed by atoms with Crippen molar-refractivity contribution in [3.63, 3.8) is 0 Å². The standard InChI is InChI=1S/C23H31N3O2/c1-28-22-11-9-21(10-12-22)26-18-16-25(17-19-26)15-5-14-24-23(27)13-8-20-6-3-2-4-7-20/h2-4,6-7,9-12H,5,8,13-19H2,1H3,(H,24,27). The van der Waals surface area contributed by atoms with Gasteiger partial charge in [-0.2, -0.15) is 0 Å². The topological polar surface area (TPSA) is 44.8 Å². The summed E-state index contributed by atoms with van der Waals surface area (Å²) in [6.45, 7) is 6.00. The van der Waals surface area contributed by atoms with E-state index in [9.17, 15) is 4.79 Å². The number of ether oxygens (including phenoxy) is 1. The van der Waals surface area contributed by atoms with Gasteiger partial charge >= 0.3 is 0 Å². The van der Waals surface area contributed by atoms with Gasteiger partial charge in [0.25, 0.3) is 0 Å². The van der Waals surface area contributed by atoms with Crippen molar-refractivity contribution in [3.8, 4) is 5.75 Å². The molecule has 1 heterocycles. The average molecular weight is 382 g/mol. The number of methoxy groups -OCH3 is 1. The van der Waals surface area contributed by atoms with Gasteiger partial charge in [-0.3, -0.25) is 9.69 Å². The molecule has 1 saturated heterocycles. The molecule has 0 aromatic heterocycles. The Balaban J connectivity index is 1.27. The van der Waals surface area contributed by atoms with Crippen LogP contribution in [0.4, 0.5) is 5.69 Å². The van der Waals surface area contributed by atoms with E-state index in [0.29, 0.717) is 6.42 Å². The van der Waals surface area contributed by atoms with E-state index >= 15 is 0 Å². The minimum atomic E-state index is 0.146. The van der Waals surface area contributed by atoms with Crippen LogP contribution in [-0.4, -0.2) is 57.2 Å². The summed E-state index contributed by atoms with van der Waals surface area (Å²) in [5.41, 5.74) is 2.47. The van der Waals surface area contributed by atoms with Crippen molar-refractivity contribution in [1.82, 2.24) is 10.2 Å². The predicted molar refractivity (Wildman–Crippen MR) is 114 cm³/mol. The largest absolute Gasteiger partial charge is 0.497 e. The van der Waals surface area contributed by atoms with Crippen LogP contribution >= 0.6 is 0 Å². The first-order valence-corrected chi connectivity index (χ1v) is 10.2. The number of benzene rings is 2. The quantitative estimate of drug-likeness (QED) is 0.679. The van der Waals surface area contributed by atoms with Crippen molar-refractivity contribution in [2.75, 3.05) is 51.3 Å². The first-order valence-electron chi connectivity index (χ1n) is 10.2. The third-order valence-electron chi connectivity index (χ3n) is 5.27. The van der Waals surface area contributed by atoms with Gasteiger partial charge in [0.2, 0.25) is 5.91 Å². The highest BCUT2D eigenvalue weighted by molar-refractivity contribution is 5.76. The smallest absolute Gasteiger partial charge is 0.220 e. The molecule has 5 heteroatoms.